The Morgan fingerprint density at radius 2 is 1.50 bits per heavy atom. The van der Waals surface area contributed by atoms with Gasteiger partial charge in [0.1, 0.15) is 17.1 Å². The summed E-state index contributed by atoms with van der Waals surface area (Å²) in [6.45, 7) is 0.688. The third-order valence-corrected chi connectivity index (χ3v) is 5.51. The molecule has 0 amide bonds. The number of hydrogen-bond acceptors (Lipinski definition) is 5. The Labute approximate surface area is 193 Å². The minimum absolute atomic E-state index is 0.298. The number of halogens is 1. The van der Waals surface area contributed by atoms with Gasteiger partial charge < -0.3 is 24.1 Å². The van der Waals surface area contributed by atoms with Crippen LogP contribution in [0, 0.1) is 0 Å². The molecule has 0 aliphatic carbocycles. The number of rotatable bonds is 12. The molecule has 0 fully saturated rings. The van der Waals surface area contributed by atoms with Crippen molar-refractivity contribution in [2.75, 3.05) is 26.9 Å². The van der Waals surface area contributed by atoms with Gasteiger partial charge in [0.25, 0.3) is 0 Å². The Hall–Kier alpha value is -2.86. The number of methoxy groups -OCH3 is 1. The number of hydrogen-bond donors (Lipinski definition) is 1. The lowest BCUT2D eigenvalue weighted by atomic mass is 9.96. The number of benzene rings is 3. The Morgan fingerprint density at radius 1 is 0.906 bits per heavy atom. The number of aliphatic hydroxyl groups is 1. The van der Waals surface area contributed by atoms with Crippen LogP contribution in [0.15, 0.2) is 72.8 Å². The van der Waals surface area contributed by atoms with E-state index in [4.69, 9.17) is 25.8 Å². The number of carbonyl (C=O) groups is 1. The first-order valence-corrected chi connectivity index (χ1v) is 10.8. The summed E-state index contributed by atoms with van der Waals surface area (Å²) in [6, 6.07) is 23.0. The van der Waals surface area contributed by atoms with E-state index in [-0.39, 0.29) is 6.61 Å². The van der Waals surface area contributed by atoms with E-state index in [1.165, 1.54) is 7.11 Å². The summed E-state index contributed by atoms with van der Waals surface area (Å²) in [5.74, 6) is 1.53. The topological polar surface area (TPSA) is 65.0 Å². The standard InChI is InChI=1S/C26H27ClO5/c1-30-26(18-28,19-29)17-20-7-11-22(12-8-20)31-15-4-16-32-23-13-9-21(10-14-23)24-5-2-3-6-25(24)27/h2-3,5-14,18,29H,4,15-17,19H2,1H3/t26-/m0/s1. The highest BCUT2D eigenvalue weighted by Crippen LogP contribution is 2.28. The second-order valence-corrected chi connectivity index (χ2v) is 7.83. The molecule has 0 aliphatic heterocycles. The summed E-state index contributed by atoms with van der Waals surface area (Å²) >= 11 is 6.25. The van der Waals surface area contributed by atoms with Crippen LogP contribution in [0.3, 0.4) is 0 Å². The zero-order valence-corrected chi connectivity index (χ0v) is 18.8. The number of ether oxygens (including phenoxy) is 3. The minimum Gasteiger partial charge on any atom is -0.493 e. The predicted molar refractivity (Wildman–Crippen MR) is 126 cm³/mol. The second kappa shape index (κ2) is 11.7. The smallest absolute Gasteiger partial charge is 0.154 e. The van der Waals surface area contributed by atoms with Crippen molar-refractivity contribution in [3.05, 3.63) is 83.4 Å². The summed E-state index contributed by atoms with van der Waals surface area (Å²) < 4.78 is 16.7. The van der Waals surface area contributed by atoms with Crippen molar-refractivity contribution in [2.45, 2.75) is 18.4 Å². The summed E-state index contributed by atoms with van der Waals surface area (Å²) in [5, 5.41) is 10.1. The van der Waals surface area contributed by atoms with Crippen LogP contribution >= 0.6 is 11.6 Å². The Balaban J connectivity index is 1.41. The van der Waals surface area contributed by atoms with E-state index < -0.39 is 5.60 Å². The molecular formula is C26H27ClO5. The van der Waals surface area contributed by atoms with Gasteiger partial charge in [-0.25, -0.2) is 0 Å². The van der Waals surface area contributed by atoms with Crippen LogP contribution in [-0.2, 0) is 16.0 Å². The van der Waals surface area contributed by atoms with E-state index in [0.717, 1.165) is 39.6 Å². The van der Waals surface area contributed by atoms with Crippen molar-refractivity contribution < 1.29 is 24.1 Å². The van der Waals surface area contributed by atoms with Crippen LogP contribution in [0.4, 0.5) is 0 Å². The van der Waals surface area contributed by atoms with Crippen molar-refractivity contribution in [1.82, 2.24) is 0 Å². The van der Waals surface area contributed by atoms with Gasteiger partial charge >= 0.3 is 0 Å². The first-order chi connectivity index (χ1) is 15.6. The molecule has 6 heteroatoms. The second-order valence-electron chi connectivity index (χ2n) is 7.42. The molecule has 0 radical (unpaired) electrons. The van der Waals surface area contributed by atoms with Gasteiger partial charge in [-0.3, -0.25) is 0 Å². The quantitative estimate of drug-likeness (QED) is 0.309. The first-order valence-electron chi connectivity index (χ1n) is 10.4. The molecule has 168 valence electrons. The molecule has 1 N–H and O–H groups in total. The zero-order chi connectivity index (χ0) is 22.8. The number of aliphatic hydroxyl groups excluding tert-OH is 1. The van der Waals surface area contributed by atoms with Crippen LogP contribution in [-0.4, -0.2) is 43.9 Å². The minimum atomic E-state index is -1.20. The maximum Gasteiger partial charge on any atom is 0.154 e. The van der Waals surface area contributed by atoms with E-state index in [9.17, 15) is 9.90 Å². The lowest BCUT2D eigenvalue weighted by molar-refractivity contribution is -0.132. The van der Waals surface area contributed by atoms with E-state index >= 15 is 0 Å². The summed E-state index contributed by atoms with van der Waals surface area (Å²) in [4.78, 5) is 11.2. The van der Waals surface area contributed by atoms with Crippen molar-refractivity contribution in [3.8, 4) is 22.6 Å². The third-order valence-electron chi connectivity index (χ3n) is 5.18. The van der Waals surface area contributed by atoms with Crippen LogP contribution in [0.5, 0.6) is 11.5 Å². The average Bonchev–Trinajstić information content (AvgIpc) is 2.84. The molecule has 0 aliphatic rings. The molecule has 0 aromatic heterocycles. The van der Waals surface area contributed by atoms with Crippen molar-refractivity contribution in [2.24, 2.45) is 0 Å². The van der Waals surface area contributed by atoms with Gasteiger partial charge in [0, 0.05) is 30.5 Å². The van der Waals surface area contributed by atoms with Crippen LogP contribution in [0.1, 0.15) is 12.0 Å². The van der Waals surface area contributed by atoms with E-state index in [2.05, 4.69) is 0 Å². The molecule has 3 rings (SSSR count). The fourth-order valence-electron chi connectivity index (χ4n) is 3.23. The van der Waals surface area contributed by atoms with Gasteiger partial charge in [-0.2, -0.15) is 0 Å². The predicted octanol–water partition coefficient (Wildman–Crippen LogP) is 4.97. The maximum atomic E-state index is 11.2. The first kappa shape index (κ1) is 23.8. The third kappa shape index (κ3) is 6.33. The van der Waals surface area contributed by atoms with Crippen molar-refractivity contribution in [3.63, 3.8) is 0 Å². The average molecular weight is 455 g/mol. The van der Waals surface area contributed by atoms with Gasteiger partial charge in [0.2, 0.25) is 0 Å². The molecule has 3 aromatic rings. The lowest BCUT2D eigenvalue weighted by Crippen LogP contribution is -2.40. The Bertz CT molecular complexity index is 982. The molecule has 32 heavy (non-hydrogen) atoms. The molecule has 5 nitrogen and oxygen atoms in total. The van der Waals surface area contributed by atoms with Gasteiger partial charge in [0.05, 0.1) is 19.8 Å². The molecule has 3 aromatic carbocycles. The summed E-state index contributed by atoms with van der Waals surface area (Å²) in [5.41, 5.74) is 1.72. The molecule has 1 atom stereocenters. The number of carbonyl (C=O) groups excluding carboxylic acids is 1. The molecule has 0 heterocycles. The van der Waals surface area contributed by atoms with E-state index in [1.807, 2.05) is 72.8 Å². The Kier molecular flexibility index (Phi) is 8.68. The van der Waals surface area contributed by atoms with Gasteiger partial charge in [-0.15, -0.1) is 0 Å². The highest BCUT2D eigenvalue weighted by Gasteiger charge is 2.28. The lowest BCUT2D eigenvalue weighted by Gasteiger charge is -2.24. The van der Waals surface area contributed by atoms with E-state index in [0.29, 0.717) is 25.9 Å². The molecule has 0 bridgehead atoms. The van der Waals surface area contributed by atoms with Gasteiger partial charge in [0.15, 0.2) is 6.29 Å². The van der Waals surface area contributed by atoms with Gasteiger partial charge in [-0.05, 0) is 41.5 Å². The Morgan fingerprint density at radius 3 is 2.03 bits per heavy atom. The fraction of sp³-hybridized carbons (Fsp3) is 0.269. The van der Waals surface area contributed by atoms with Gasteiger partial charge in [-0.1, -0.05) is 54.1 Å². The van der Waals surface area contributed by atoms with Crippen LogP contribution in [0.2, 0.25) is 5.02 Å². The zero-order valence-electron chi connectivity index (χ0n) is 18.0. The van der Waals surface area contributed by atoms with Crippen molar-refractivity contribution in [1.29, 1.82) is 0 Å². The molecule has 0 spiro atoms. The molecule has 0 saturated heterocycles. The molecular weight excluding hydrogens is 428 g/mol. The van der Waals surface area contributed by atoms with Crippen LogP contribution < -0.4 is 9.47 Å². The summed E-state index contributed by atoms with van der Waals surface area (Å²) in [6.07, 6.45) is 1.67. The SMILES string of the molecule is CO[C@@](C=O)(CO)Cc1ccc(OCCCOc2ccc(-c3ccccc3Cl)cc2)cc1. The largest absolute Gasteiger partial charge is 0.493 e. The van der Waals surface area contributed by atoms with Crippen LogP contribution in [0.25, 0.3) is 11.1 Å². The highest BCUT2D eigenvalue weighted by molar-refractivity contribution is 6.33. The highest BCUT2D eigenvalue weighted by atomic mass is 35.5. The maximum absolute atomic E-state index is 11.2. The fourth-order valence-corrected chi connectivity index (χ4v) is 3.48. The molecule has 0 unspecified atom stereocenters. The van der Waals surface area contributed by atoms with Crippen molar-refractivity contribution >= 4 is 17.9 Å². The summed E-state index contributed by atoms with van der Waals surface area (Å²) in [7, 11) is 1.41. The molecule has 0 saturated carbocycles. The number of aldehydes is 1. The monoisotopic (exact) mass is 454 g/mol. The van der Waals surface area contributed by atoms with E-state index in [1.54, 1.807) is 0 Å². The normalized spacial score (nSPS) is 12.7.